The fraction of sp³-hybridized carbons (Fsp3) is 0. The van der Waals surface area contributed by atoms with E-state index in [0.29, 0.717) is 0 Å². The number of hydrogen-bond donors (Lipinski definition) is 0. The summed E-state index contributed by atoms with van der Waals surface area (Å²) < 4.78 is 0. The fourth-order valence-corrected chi connectivity index (χ4v) is 0. The molecule has 6 heteroatoms. The van der Waals surface area contributed by atoms with E-state index < -0.39 is 0 Å². The van der Waals surface area contributed by atoms with Crippen LogP contribution in [0.1, 0.15) is 2.85 Å². The molecule has 0 bridgehead atoms. The van der Waals surface area contributed by atoms with Gasteiger partial charge in [0.15, 0.2) is 0 Å². The van der Waals surface area contributed by atoms with Crippen molar-refractivity contribution < 1.29 is 88.8 Å². The Morgan fingerprint density at radius 3 is 1.17 bits per heavy atom. The van der Waals surface area contributed by atoms with Crippen molar-refractivity contribution in [1.29, 1.82) is 0 Å². The van der Waals surface area contributed by atoms with Crippen LogP contribution in [0, 0.1) is 0 Å². The second-order valence-corrected chi connectivity index (χ2v) is 0. The van der Waals surface area contributed by atoms with Gasteiger partial charge in [0.25, 0.3) is 0 Å². The molecule has 0 aromatic rings. The average Bonchev–Trinajstić information content (AvgIpc) is 0. The molecule has 0 nitrogen and oxygen atoms in total. The second kappa shape index (κ2) is 31.8. The van der Waals surface area contributed by atoms with Crippen LogP contribution in [0.2, 0.25) is 0 Å². The van der Waals surface area contributed by atoms with E-state index in [2.05, 4.69) is 0 Å². The number of rotatable bonds is 0. The molecule has 6 heavy (non-hydrogen) atoms. The zero-order valence-electron chi connectivity index (χ0n) is 5.39. The zero-order chi connectivity index (χ0) is 0. The summed E-state index contributed by atoms with van der Waals surface area (Å²) in [6.07, 6.45) is 0. The van der Waals surface area contributed by atoms with Crippen molar-refractivity contribution in [1.82, 2.24) is 0 Å². The van der Waals surface area contributed by atoms with E-state index in [9.17, 15) is 0 Å². The predicted molar refractivity (Wildman–Crippen MR) is 16.5 cm³/mol. The molecule has 0 aromatic heterocycles. The van der Waals surface area contributed by atoms with Gasteiger partial charge >= 0.3 is 75.1 Å². The summed E-state index contributed by atoms with van der Waals surface area (Å²) in [6, 6.07) is 0. The minimum absolute atomic E-state index is 0. The minimum Gasteiger partial charge on any atom is -1.00 e. The Balaban J connectivity index is 0. The summed E-state index contributed by atoms with van der Waals surface area (Å²) in [7, 11) is 0. The first-order chi connectivity index (χ1) is 0. The molecule has 0 aliphatic carbocycles. The summed E-state index contributed by atoms with van der Waals surface area (Å²) in [6.45, 7) is 0. The molecule has 0 fully saturated rings. The maximum Gasteiger partial charge on any atom is 0 e. The van der Waals surface area contributed by atoms with Gasteiger partial charge in [-0.25, -0.2) is 0 Å². The quantitative estimate of drug-likeness (QED) is 0.278. The van der Waals surface area contributed by atoms with Crippen molar-refractivity contribution in [3.63, 3.8) is 0 Å². The van der Waals surface area contributed by atoms with Gasteiger partial charge in [0.2, 0.25) is 0 Å². The molecule has 0 saturated heterocycles. The number of hydrogen-bond acceptors (Lipinski definition) is 0. The second-order valence-electron chi connectivity index (χ2n) is 0. The fourth-order valence-electron chi connectivity index (χ4n) is 0. The van der Waals surface area contributed by atoms with Crippen LogP contribution in [0.5, 0.6) is 0 Å². The SMILES string of the molecule is [Ba+2].[BiH2].[H-].[H-].[Nb].[Ta].[Ti].[Zn]. The molecular formula is H4BaBiNbTaTiZn. The van der Waals surface area contributed by atoms with Crippen molar-refractivity contribution in [3.05, 3.63) is 0 Å². The van der Waals surface area contributed by atoms with E-state index in [4.69, 9.17) is 0 Å². The maximum atomic E-state index is 0. The van der Waals surface area contributed by atoms with Crippen LogP contribution in [0.3, 0.4) is 0 Å². The normalized spacial score (nSPS) is 0. The van der Waals surface area contributed by atoms with E-state index in [-0.39, 0.29) is 164 Å². The van der Waals surface area contributed by atoms with Crippen molar-refractivity contribution in [2.45, 2.75) is 0 Å². The molecule has 0 aliphatic rings. The third kappa shape index (κ3) is 22.8. The van der Waals surface area contributed by atoms with Crippen molar-refractivity contribution in [2.75, 3.05) is 0 Å². The van der Waals surface area contributed by atoms with Crippen LogP contribution in [0.25, 0.3) is 0 Å². The Hall–Kier alpha value is 5.27. The van der Waals surface area contributed by atoms with Crippen LogP contribution in [0.4, 0.5) is 0 Å². The summed E-state index contributed by atoms with van der Waals surface area (Å²) in [5, 5.41) is 0. The van der Waals surface area contributed by atoms with Crippen LogP contribution < -0.4 is 0 Å². The standard InChI is InChI=1S/Ba.Bi.Nb.Ta.Ti.Zn.4H/q+2;;;;;;;;2*-1. The molecule has 0 spiro atoms. The minimum atomic E-state index is 0. The summed E-state index contributed by atoms with van der Waals surface area (Å²) in [4.78, 5) is 0. The largest absolute Gasteiger partial charge is 1.00 e. The van der Waals surface area contributed by atoms with Gasteiger partial charge in [-0.05, 0) is 0 Å². The average molecular weight is 737 g/mol. The third-order valence-electron chi connectivity index (χ3n) is 0. The van der Waals surface area contributed by atoms with Gasteiger partial charge in [-0.1, -0.05) is 0 Å². The molecule has 0 rings (SSSR count). The molecule has 3 radical (unpaired) electrons. The molecule has 0 heterocycles. The van der Waals surface area contributed by atoms with Gasteiger partial charge in [0.1, 0.15) is 0 Å². The van der Waals surface area contributed by atoms with Gasteiger partial charge in [0, 0.05) is 86.0 Å². The molecule has 0 unspecified atom stereocenters. The molecular weight excluding hydrogens is 733 g/mol. The maximum absolute atomic E-state index is 0. The van der Waals surface area contributed by atoms with Crippen LogP contribution in [-0.2, 0) is 86.0 Å². The Morgan fingerprint density at radius 2 is 1.17 bits per heavy atom. The zero-order valence-corrected chi connectivity index (χ0v) is 22.3. The molecule has 0 aromatic carbocycles. The summed E-state index contributed by atoms with van der Waals surface area (Å²) in [5.41, 5.74) is 0. The van der Waals surface area contributed by atoms with Gasteiger partial charge in [-0.15, -0.1) is 0 Å². The third-order valence-corrected chi connectivity index (χ3v) is 0. The first-order valence-electron chi connectivity index (χ1n) is 0. The Kier molecular flexibility index (Phi) is 227. The van der Waals surface area contributed by atoms with Gasteiger partial charge in [-0.3, -0.25) is 0 Å². The van der Waals surface area contributed by atoms with E-state index in [1.165, 1.54) is 0 Å². The first-order valence-corrected chi connectivity index (χ1v) is 0. The smallest absolute Gasteiger partial charge is 0 e. The predicted octanol–water partition coefficient (Wildman–Crippen LogP) is -1.08. The van der Waals surface area contributed by atoms with Gasteiger partial charge in [0.05, 0.1) is 0 Å². The summed E-state index contributed by atoms with van der Waals surface area (Å²) in [5.74, 6) is 0. The molecule has 0 aliphatic heterocycles. The van der Waals surface area contributed by atoms with Gasteiger partial charge < -0.3 is 2.85 Å². The Bertz CT molecular complexity index is 22.0. The van der Waals surface area contributed by atoms with E-state index in [1.54, 1.807) is 0 Å². The first kappa shape index (κ1) is 42.8. The topological polar surface area (TPSA) is 0 Å². The van der Waals surface area contributed by atoms with Crippen molar-refractivity contribution in [2.24, 2.45) is 0 Å². The Labute approximate surface area is 159 Å². The monoisotopic (exact) mass is 737 g/mol. The molecule has 27 valence electrons. The Morgan fingerprint density at radius 1 is 1.17 bits per heavy atom. The van der Waals surface area contributed by atoms with Crippen LogP contribution in [0.15, 0.2) is 0 Å². The molecule has 0 saturated carbocycles. The van der Waals surface area contributed by atoms with Crippen LogP contribution in [-0.4, -0.2) is 75.1 Å². The summed E-state index contributed by atoms with van der Waals surface area (Å²) >= 11 is 0. The molecule has 0 N–H and O–H groups in total. The van der Waals surface area contributed by atoms with E-state index in [1.807, 2.05) is 0 Å². The molecule has 0 amide bonds. The van der Waals surface area contributed by atoms with E-state index in [0.717, 1.165) is 0 Å². The van der Waals surface area contributed by atoms with Gasteiger partial charge in [-0.2, -0.15) is 0 Å². The van der Waals surface area contributed by atoms with E-state index >= 15 is 0 Å². The van der Waals surface area contributed by atoms with Crippen molar-refractivity contribution >= 4 is 75.1 Å². The molecule has 0 atom stereocenters. The van der Waals surface area contributed by atoms with Crippen LogP contribution >= 0.6 is 0 Å². The van der Waals surface area contributed by atoms with Crippen molar-refractivity contribution in [3.8, 4) is 0 Å².